The summed E-state index contributed by atoms with van der Waals surface area (Å²) in [5.74, 6) is 0.766. The third-order valence-electron chi connectivity index (χ3n) is 2.54. The monoisotopic (exact) mass is 212 g/mol. The highest BCUT2D eigenvalue weighted by Crippen LogP contribution is 2.28. The maximum Gasteiger partial charge on any atom is 0.130 e. The van der Waals surface area contributed by atoms with Gasteiger partial charge in [-0.2, -0.15) is 5.26 Å². The van der Waals surface area contributed by atoms with Crippen LogP contribution in [-0.4, -0.2) is 12.1 Å². The van der Waals surface area contributed by atoms with E-state index in [9.17, 15) is 0 Å². The first-order valence-corrected chi connectivity index (χ1v) is 5.02. The van der Waals surface area contributed by atoms with Crippen molar-refractivity contribution < 1.29 is 4.74 Å². The van der Waals surface area contributed by atoms with Gasteiger partial charge in [0.2, 0.25) is 0 Å². The molecule has 1 aromatic heterocycles. The lowest BCUT2D eigenvalue weighted by atomic mass is 10.1. The van der Waals surface area contributed by atoms with Gasteiger partial charge in [-0.25, -0.2) is 0 Å². The van der Waals surface area contributed by atoms with Crippen LogP contribution in [0.15, 0.2) is 18.2 Å². The molecule has 0 spiro atoms. The van der Waals surface area contributed by atoms with E-state index in [-0.39, 0.29) is 0 Å². The first-order chi connectivity index (χ1) is 7.65. The Hall–Kier alpha value is -2.08. The normalized spacial score (nSPS) is 10.1. The van der Waals surface area contributed by atoms with Crippen molar-refractivity contribution in [3.63, 3.8) is 0 Å². The molecule has 0 unspecified atom stereocenters. The summed E-state index contributed by atoms with van der Waals surface area (Å²) in [6.45, 7) is 3.88. The highest BCUT2D eigenvalue weighted by Gasteiger charge is 2.08. The van der Waals surface area contributed by atoms with Crippen LogP contribution < -0.4 is 4.74 Å². The second-order valence-electron chi connectivity index (χ2n) is 3.77. The number of benzene rings is 1. The summed E-state index contributed by atoms with van der Waals surface area (Å²) in [7, 11) is 1.63. The number of ether oxygens (including phenoxy) is 1. The SMILES string of the molecule is COc1cc(C)nc2c(C)cc(C#N)cc12. The van der Waals surface area contributed by atoms with E-state index in [1.54, 1.807) is 7.11 Å². The molecule has 3 heteroatoms. The van der Waals surface area contributed by atoms with Gasteiger partial charge in [0.05, 0.1) is 24.3 Å². The van der Waals surface area contributed by atoms with E-state index in [0.717, 1.165) is 27.9 Å². The third kappa shape index (κ3) is 1.59. The van der Waals surface area contributed by atoms with Crippen molar-refractivity contribution in [1.82, 2.24) is 4.98 Å². The largest absolute Gasteiger partial charge is 0.496 e. The molecule has 0 aliphatic heterocycles. The molecule has 0 bridgehead atoms. The summed E-state index contributed by atoms with van der Waals surface area (Å²) < 4.78 is 5.31. The Morgan fingerprint density at radius 1 is 1.25 bits per heavy atom. The summed E-state index contributed by atoms with van der Waals surface area (Å²) >= 11 is 0. The average molecular weight is 212 g/mol. The number of hydrogen-bond acceptors (Lipinski definition) is 3. The minimum atomic E-state index is 0.633. The van der Waals surface area contributed by atoms with Crippen molar-refractivity contribution in [1.29, 1.82) is 5.26 Å². The van der Waals surface area contributed by atoms with Crippen LogP contribution in [0.3, 0.4) is 0 Å². The Balaban J connectivity index is 2.90. The molecule has 0 radical (unpaired) electrons. The first-order valence-electron chi connectivity index (χ1n) is 5.02. The summed E-state index contributed by atoms with van der Waals surface area (Å²) in [5.41, 5.74) is 3.44. The van der Waals surface area contributed by atoms with Gasteiger partial charge in [0, 0.05) is 17.1 Å². The maximum atomic E-state index is 8.93. The van der Waals surface area contributed by atoms with Gasteiger partial charge >= 0.3 is 0 Å². The number of methoxy groups -OCH3 is 1. The Bertz CT molecular complexity index is 597. The Morgan fingerprint density at radius 3 is 2.62 bits per heavy atom. The number of hydrogen-bond donors (Lipinski definition) is 0. The number of pyridine rings is 1. The first kappa shape index (κ1) is 10.4. The van der Waals surface area contributed by atoms with E-state index < -0.39 is 0 Å². The molecule has 16 heavy (non-hydrogen) atoms. The molecule has 0 aliphatic carbocycles. The van der Waals surface area contributed by atoms with Gasteiger partial charge in [0.25, 0.3) is 0 Å². The van der Waals surface area contributed by atoms with Crippen molar-refractivity contribution in [2.24, 2.45) is 0 Å². The highest BCUT2D eigenvalue weighted by atomic mass is 16.5. The molecule has 3 nitrogen and oxygen atoms in total. The molecule has 1 heterocycles. The fourth-order valence-electron chi connectivity index (χ4n) is 1.83. The van der Waals surface area contributed by atoms with E-state index >= 15 is 0 Å². The van der Waals surface area contributed by atoms with Gasteiger partial charge in [-0.05, 0) is 31.5 Å². The van der Waals surface area contributed by atoms with Crippen LogP contribution in [0.5, 0.6) is 5.75 Å². The topological polar surface area (TPSA) is 45.9 Å². The molecule has 1 aromatic carbocycles. The summed E-state index contributed by atoms with van der Waals surface area (Å²) in [6.07, 6.45) is 0. The quantitative estimate of drug-likeness (QED) is 0.730. The number of aryl methyl sites for hydroxylation is 2. The zero-order chi connectivity index (χ0) is 11.7. The molecule has 0 amide bonds. The van der Waals surface area contributed by atoms with E-state index in [1.807, 2.05) is 32.0 Å². The Morgan fingerprint density at radius 2 is 2.00 bits per heavy atom. The summed E-state index contributed by atoms with van der Waals surface area (Å²) in [5, 5.41) is 9.82. The number of fused-ring (bicyclic) bond motifs is 1. The minimum absolute atomic E-state index is 0.633. The number of rotatable bonds is 1. The van der Waals surface area contributed by atoms with E-state index in [4.69, 9.17) is 10.00 Å². The van der Waals surface area contributed by atoms with E-state index in [1.165, 1.54) is 0 Å². The second kappa shape index (κ2) is 3.82. The van der Waals surface area contributed by atoms with Crippen LogP contribution in [-0.2, 0) is 0 Å². The molecule has 2 rings (SSSR count). The number of nitrogens with zero attached hydrogens (tertiary/aromatic N) is 2. The predicted molar refractivity (Wildman–Crippen MR) is 62.5 cm³/mol. The van der Waals surface area contributed by atoms with Crippen molar-refractivity contribution in [2.75, 3.05) is 7.11 Å². The lowest BCUT2D eigenvalue weighted by Gasteiger charge is -2.08. The average Bonchev–Trinajstić information content (AvgIpc) is 2.28. The molecule has 0 saturated carbocycles. The van der Waals surface area contributed by atoms with Crippen LogP contribution in [0.25, 0.3) is 10.9 Å². The Kier molecular flexibility index (Phi) is 2.49. The molecule has 0 aliphatic rings. The van der Waals surface area contributed by atoms with E-state index in [2.05, 4.69) is 11.1 Å². The smallest absolute Gasteiger partial charge is 0.130 e. The lowest BCUT2D eigenvalue weighted by molar-refractivity contribution is 0.419. The maximum absolute atomic E-state index is 8.93. The van der Waals surface area contributed by atoms with Crippen LogP contribution in [0.1, 0.15) is 16.8 Å². The van der Waals surface area contributed by atoms with E-state index in [0.29, 0.717) is 5.56 Å². The zero-order valence-corrected chi connectivity index (χ0v) is 9.53. The summed E-state index contributed by atoms with van der Waals surface area (Å²) in [6, 6.07) is 7.68. The fourth-order valence-corrected chi connectivity index (χ4v) is 1.83. The fraction of sp³-hybridized carbons (Fsp3) is 0.231. The van der Waals surface area contributed by atoms with Crippen molar-refractivity contribution >= 4 is 10.9 Å². The van der Waals surface area contributed by atoms with Crippen LogP contribution in [0, 0.1) is 25.2 Å². The van der Waals surface area contributed by atoms with Gasteiger partial charge in [0.15, 0.2) is 0 Å². The minimum Gasteiger partial charge on any atom is -0.496 e. The molecular formula is C13H12N2O. The van der Waals surface area contributed by atoms with Crippen LogP contribution in [0.4, 0.5) is 0 Å². The molecular weight excluding hydrogens is 200 g/mol. The standard InChI is InChI=1S/C13H12N2O/c1-8-4-10(7-14)6-11-12(16-3)5-9(2)15-13(8)11/h4-6H,1-3H3. The number of nitriles is 1. The third-order valence-corrected chi connectivity index (χ3v) is 2.54. The van der Waals surface area contributed by atoms with Crippen molar-refractivity contribution in [3.05, 3.63) is 35.0 Å². The van der Waals surface area contributed by atoms with Gasteiger partial charge in [-0.3, -0.25) is 4.98 Å². The Labute approximate surface area is 94.3 Å². The van der Waals surface area contributed by atoms with Crippen molar-refractivity contribution in [3.8, 4) is 11.8 Å². The van der Waals surface area contributed by atoms with Gasteiger partial charge in [-0.15, -0.1) is 0 Å². The van der Waals surface area contributed by atoms with Crippen LogP contribution in [0.2, 0.25) is 0 Å². The molecule has 80 valence electrons. The van der Waals surface area contributed by atoms with Gasteiger partial charge < -0.3 is 4.74 Å². The highest BCUT2D eigenvalue weighted by molar-refractivity contribution is 5.89. The lowest BCUT2D eigenvalue weighted by Crippen LogP contribution is -1.93. The second-order valence-corrected chi connectivity index (χ2v) is 3.77. The molecule has 0 N–H and O–H groups in total. The molecule has 0 saturated heterocycles. The number of aromatic nitrogens is 1. The van der Waals surface area contributed by atoms with Crippen molar-refractivity contribution in [2.45, 2.75) is 13.8 Å². The molecule has 0 fully saturated rings. The summed E-state index contributed by atoms with van der Waals surface area (Å²) in [4.78, 5) is 4.47. The van der Waals surface area contributed by atoms with Gasteiger partial charge in [-0.1, -0.05) is 0 Å². The molecule has 2 aromatic rings. The predicted octanol–water partition coefficient (Wildman–Crippen LogP) is 2.73. The zero-order valence-electron chi connectivity index (χ0n) is 9.53. The van der Waals surface area contributed by atoms with Gasteiger partial charge in [0.1, 0.15) is 5.75 Å². The van der Waals surface area contributed by atoms with Crippen LogP contribution >= 0.6 is 0 Å². The molecule has 0 atom stereocenters.